The maximum absolute atomic E-state index is 12.2. The third-order valence-corrected chi connectivity index (χ3v) is 4.04. The zero-order chi connectivity index (χ0) is 15.2. The third-order valence-electron chi connectivity index (χ3n) is 4.04. The minimum Gasteiger partial charge on any atom is -0.351 e. The van der Waals surface area contributed by atoms with E-state index in [9.17, 15) is 4.79 Å². The number of aromatic nitrogens is 3. The molecule has 1 fully saturated rings. The molecule has 1 amide bonds. The molecule has 0 aromatic carbocycles. The summed E-state index contributed by atoms with van der Waals surface area (Å²) < 4.78 is 1.92. The van der Waals surface area contributed by atoms with Gasteiger partial charge in [-0.3, -0.25) is 4.79 Å². The average Bonchev–Trinajstić information content (AvgIpc) is 2.86. The summed E-state index contributed by atoms with van der Waals surface area (Å²) in [6.45, 7) is 9.02. The van der Waals surface area contributed by atoms with Gasteiger partial charge >= 0.3 is 0 Å². The predicted molar refractivity (Wildman–Crippen MR) is 89.6 cm³/mol. The number of nitrogens with zero attached hydrogens (tertiary/aromatic N) is 3. The Bertz CT molecular complexity index is 468. The van der Waals surface area contributed by atoms with E-state index in [1.165, 1.54) is 0 Å². The van der Waals surface area contributed by atoms with Crippen molar-refractivity contribution in [2.75, 3.05) is 19.6 Å². The SMILES string of the molecule is Cc1c(C(=O)NCCCC(C)C)nnn1C1CCNCC1.Cl. The Morgan fingerprint density at radius 2 is 2.09 bits per heavy atom. The fourth-order valence-electron chi connectivity index (χ4n) is 2.74. The van der Waals surface area contributed by atoms with E-state index in [1.807, 2.05) is 11.6 Å². The van der Waals surface area contributed by atoms with Crippen LogP contribution in [0.1, 0.15) is 61.8 Å². The summed E-state index contributed by atoms with van der Waals surface area (Å²) >= 11 is 0. The minimum absolute atomic E-state index is 0. The van der Waals surface area contributed by atoms with E-state index in [-0.39, 0.29) is 18.3 Å². The highest BCUT2D eigenvalue weighted by molar-refractivity contribution is 5.93. The monoisotopic (exact) mass is 329 g/mol. The lowest BCUT2D eigenvalue weighted by molar-refractivity contribution is 0.0946. The lowest BCUT2D eigenvalue weighted by Gasteiger charge is -2.23. The molecule has 0 saturated carbocycles. The molecule has 2 heterocycles. The molecular formula is C15H28ClN5O. The molecular weight excluding hydrogens is 302 g/mol. The second-order valence-electron chi connectivity index (χ2n) is 6.24. The van der Waals surface area contributed by atoms with Gasteiger partial charge in [-0.1, -0.05) is 19.1 Å². The van der Waals surface area contributed by atoms with E-state index in [4.69, 9.17) is 0 Å². The number of carbonyl (C=O) groups excluding carboxylic acids is 1. The normalized spacial score (nSPS) is 15.6. The molecule has 1 aromatic heterocycles. The van der Waals surface area contributed by atoms with Crippen LogP contribution >= 0.6 is 12.4 Å². The highest BCUT2D eigenvalue weighted by Gasteiger charge is 2.22. The Kier molecular flexibility index (Phi) is 7.82. The highest BCUT2D eigenvalue weighted by Crippen LogP contribution is 2.20. The number of nitrogens with one attached hydrogen (secondary N) is 2. The smallest absolute Gasteiger partial charge is 0.273 e. The first kappa shape index (κ1) is 18.9. The lowest BCUT2D eigenvalue weighted by atomic mass is 10.1. The zero-order valence-electron chi connectivity index (χ0n) is 13.8. The second-order valence-corrected chi connectivity index (χ2v) is 6.24. The summed E-state index contributed by atoms with van der Waals surface area (Å²) in [5, 5.41) is 14.6. The van der Waals surface area contributed by atoms with Gasteiger partial charge in [0, 0.05) is 6.54 Å². The van der Waals surface area contributed by atoms with Crippen LogP contribution in [0.25, 0.3) is 0 Å². The van der Waals surface area contributed by atoms with E-state index in [2.05, 4.69) is 34.8 Å². The molecule has 7 heteroatoms. The average molecular weight is 330 g/mol. The van der Waals surface area contributed by atoms with Crippen molar-refractivity contribution in [2.45, 2.75) is 52.5 Å². The van der Waals surface area contributed by atoms with Crippen molar-refractivity contribution in [2.24, 2.45) is 5.92 Å². The Hall–Kier alpha value is -1.14. The van der Waals surface area contributed by atoms with Gasteiger partial charge in [0.2, 0.25) is 0 Å². The second kappa shape index (κ2) is 9.10. The van der Waals surface area contributed by atoms with Gasteiger partial charge in [-0.25, -0.2) is 4.68 Å². The van der Waals surface area contributed by atoms with Crippen LogP contribution in [-0.2, 0) is 0 Å². The number of carbonyl (C=O) groups is 1. The van der Waals surface area contributed by atoms with Gasteiger partial charge < -0.3 is 10.6 Å². The van der Waals surface area contributed by atoms with Crippen LogP contribution in [0.2, 0.25) is 0 Å². The first-order chi connectivity index (χ1) is 10.1. The van der Waals surface area contributed by atoms with E-state index in [0.717, 1.165) is 44.5 Å². The Labute approximate surface area is 138 Å². The Balaban J connectivity index is 0.00000242. The molecule has 126 valence electrons. The molecule has 1 saturated heterocycles. The van der Waals surface area contributed by atoms with Crippen molar-refractivity contribution in [1.82, 2.24) is 25.6 Å². The van der Waals surface area contributed by atoms with Crippen LogP contribution in [0.15, 0.2) is 0 Å². The van der Waals surface area contributed by atoms with E-state index in [0.29, 0.717) is 24.2 Å². The molecule has 0 spiro atoms. The van der Waals surface area contributed by atoms with Crippen molar-refractivity contribution < 1.29 is 4.79 Å². The van der Waals surface area contributed by atoms with Crippen LogP contribution in [0, 0.1) is 12.8 Å². The van der Waals surface area contributed by atoms with Gasteiger partial charge in [-0.2, -0.15) is 0 Å². The standard InChI is InChI=1S/C15H27N5O.ClH/c1-11(2)5-4-8-17-15(21)14-12(3)20(19-18-14)13-6-9-16-10-7-13;/h11,13,16H,4-10H2,1-3H3,(H,17,21);1H. The molecule has 2 N–H and O–H groups in total. The van der Waals surface area contributed by atoms with Crippen molar-refractivity contribution in [3.8, 4) is 0 Å². The number of halogens is 1. The van der Waals surface area contributed by atoms with Gasteiger partial charge in [-0.15, -0.1) is 17.5 Å². The number of hydrogen-bond acceptors (Lipinski definition) is 4. The number of rotatable bonds is 6. The van der Waals surface area contributed by atoms with Crippen LogP contribution in [0.3, 0.4) is 0 Å². The van der Waals surface area contributed by atoms with Crippen molar-refractivity contribution in [1.29, 1.82) is 0 Å². The fourth-order valence-corrected chi connectivity index (χ4v) is 2.74. The van der Waals surface area contributed by atoms with Gasteiger partial charge in [0.05, 0.1) is 11.7 Å². The largest absolute Gasteiger partial charge is 0.351 e. The summed E-state index contributed by atoms with van der Waals surface area (Å²) in [5.74, 6) is 0.570. The quantitative estimate of drug-likeness (QED) is 0.784. The summed E-state index contributed by atoms with van der Waals surface area (Å²) in [6, 6.07) is 0.362. The Morgan fingerprint density at radius 1 is 1.41 bits per heavy atom. The molecule has 22 heavy (non-hydrogen) atoms. The third kappa shape index (κ3) is 4.95. The highest BCUT2D eigenvalue weighted by atomic mass is 35.5. The molecule has 1 aliphatic rings. The van der Waals surface area contributed by atoms with Crippen LogP contribution in [-0.4, -0.2) is 40.5 Å². The van der Waals surface area contributed by atoms with Gasteiger partial charge in [-0.05, 0) is 51.6 Å². The molecule has 6 nitrogen and oxygen atoms in total. The van der Waals surface area contributed by atoms with Crippen LogP contribution in [0.4, 0.5) is 0 Å². The van der Waals surface area contributed by atoms with Gasteiger partial charge in [0.15, 0.2) is 5.69 Å². The summed E-state index contributed by atoms with van der Waals surface area (Å²) in [6.07, 6.45) is 4.21. The lowest BCUT2D eigenvalue weighted by Crippen LogP contribution is -2.30. The van der Waals surface area contributed by atoms with Crippen molar-refractivity contribution >= 4 is 18.3 Å². The zero-order valence-corrected chi connectivity index (χ0v) is 14.6. The molecule has 0 unspecified atom stereocenters. The molecule has 0 aliphatic carbocycles. The maximum atomic E-state index is 12.2. The van der Waals surface area contributed by atoms with E-state index < -0.39 is 0 Å². The summed E-state index contributed by atoms with van der Waals surface area (Å²) in [5.41, 5.74) is 1.35. The molecule has 0 bridgehead atoms. The maximum Gasteiger partial charge on any atom is 0.273 e. The van der Waals surface area contributed by atoms with E-state index >= 15 is 0 Å². The predicted octanol–water partition coefficient (Wildman–Crippen LogP) is 2.10. The first-order valence-corrected chi connectivity index (χ1v) is 8.00. The van der Waals surface area contributed by atoms with E-state index in [1.54, 1.807) is 0 Å². The topological polar surface area (TPSA) is 71.8 Å². The number of piperidine rings is 1. The molecule has 2 rings (SSSR count). The number of amides is 1. The molecule has 1 aromatic rings. The first-order valence-electron chi connectivity index (χ1n) is 8.00. The van der Waals surface area contributed by atoms with Crippen molar-refractivity contribution in [3.05, 3.63) is 11.4 Å². The molecule has 1 aliphatic heterocycles. The number of hydrogen-bond donors (Lipinski definition) is 2. The van der Waals surface area contributed by atoms with Crippen molar-refractivity contribution in [3.63, 3.8) is 0 Å². The fraction of sp³-hybridized carbons (Fsp3) is 0.800. The van der Waals surface area contributed by atoms with Gasteiger partial charge in [0.1, 0.15) is 0 Å². The minimum atomic E-state index is -0.101. The van der Waals surface area contributed by atoms with Gasteiger partial charge in [0.25, 0.3) is 5.91 Å². The molecule has 0 atom stereocenters. The van der Waals surface area contributed by atoms with Crippen LogP contribution < -0.4 is 10.6 Å². The Morgan fingerprint density at radius 3 is 2.73 bits per heavy atom. The summed E-state index contributed by atoms with van der Waals surface area (Å²) in [7, 11) is 0. The summed E-state index contributed by atoms with van der Waals surface area (Å²) in [4.78, 5) is 12.2. The molecule has 0 radical (unpaired) electrons. The van der Waals surface area contributed by atoms with Crippen LogP contribution in [0.5, 0.6) is 0 Å².